The first-order chi connectivity index (χ1) is 18.6. The molecule has 1 atom stereocenters. The topological polar surface area (TPSA) is 67.7 Å². The number of hydrogen-bond donors (Lipinski definition) is 0. The normalized spacial score (nSPS) is 17.4. The molecule has 0 saturated carbocycles. The molecule has 0 aliphatic carbocycles. The first-order valence-corrected chi connectivity index (χ1v) is 14.6. The molecule has 0 bridgehead atoms. The van der Waals surface area contributed by atoms with Gasteiger partial charge in [-0.3, -0.25) is 14.5 Å². The van der Waals surface area contributed by atoms with Crippen molar-refractivity contribution < 1.29 is 14.3 Å². The molecule has 2 aromatic carbocycles. The molecule has 2 aliphatic rings. The highest BCUT2D eigenvalue weighted by Gasteiger charge is 2.38. The highest BCUT2D eigenvalue weighted by Crippen LogP contribution is 2.49. The number of nitrogens with zero attached hydrogens (tertiary/aromatic N) is 4. The molecule has 194 valence electrons. The molecule has 2 amide bonds. The Hall–Kier alpha value is -3.56. The van der Waals surface area contributed by atoms with Gasteiger partial charge in [-0.15, -0.1) is 23.1 Å². The molecule has 7 nitrogen and oxygen atoms in total. The Morgan fingerprint density at radius 2 is 1.79 bits per heavy atom. The van der Waals surface area contributed by atoms with Gasteiger partial charge in [0.15, 0.2) is 0 Å². The van der Waals surface area contributed by atoms with Crippen LogP contribution in [-0.2, 0) is 9.59 Å². The molecule has 0 N–H and O–H groups in total. The fourth-order valence-corrected chi connectivity index (χ4v) is 7.27. The van der Waals surface area contributed by atoms with Crippen molar-refractivity contribution in [1.29, 1.82) is 0 Å². The zero-order chi connectivity index (χ0) is 26.1. The van der Waals surface area contributed by atoms with Gasteiger partial charge in [0.2, 0.25) is 11.8 Å². The lowest BCUT2D eigenvalue weighted by molar-refractivity contribution is -0.130. The average Bonchev–Trinajstić information content (AvgIpc) is 3.73. The van der Waals surface area contributed by atoms with Crippen LogP contribution in [0.4, 0.5) is 5.82 Å². The third-order valence-corrected chi connectivity index (χ3v) is 9.33. The number of amides is 2. The number of thioether (sulfide) groups is 1. The van der Waals surface area contributed by atoms with E-state index in [-0.39, 0.29) is 29.4 Å². The maximum Gasteiger partial charge on any atom is 0.242 e. The van der Waals surface area contributed by atoms with E-state index < -0.39 is 0 Å². The number of ether oxygens (including phenoxy) is 1. The number of methoxy groups -OCH3 is 1. The summed E-state index contributed by atoms with van der Waals surface area (Å²) in [7, 11) is 1.63. The van der Waals surface area contributed by atoms with Crippen molar-refractivity contribution in [1.82, 2.24) is 14.7 Å². The van der Waals surface area contributed by atoms with E-state index in [0.29, 0.717) is 5.82 Å². The predicted octanol–water partition coefficient (Wildman–Crippen LogP) is 5.40. The maximum absolute atomic E-state index is 13.7. The molecule has 0 radical (unpaired) electrons. The van der Waals surface area contributed by atoms with Gasteiger partial charge in [0.25, 0.3) is 0 Å². The summed E-state index contributed by atoms with van der Waals surface area (Å²) in [5.41, 5.74) is 3.54. The quantitative estimate of drug-likeness (QED) is 0.325. The predicted molar refractivity (Wildman–Crippen MR) is 152 cm³/mol. The number of thiophene rings is 1. The molecule has 4 aromatic rings. The Morgan fingerprint density at radius 1 is 1.03 bits per heavy atom. The lowest BCUT2D eigenvalue weighted by Gasteiger charge is -2.25. The third-order valence-electron chi connectivity index (χ3n) is 7.01. The van der Waals surface area contributed by atoms with E-state index >= 15 is 0 Å². The summed E-state index contributed by atoms with van der Waals surface area (Å²) in [6.45, 7) is 1.49. The van der Waals surface area contributed by atoms with Crippen LogP contribution in [0, 0.1) is 0 Å². The van der Waals surface area contributed by atoms with Crippen LogP contribution in [0.1, 0.15) is 28.5 Å². The van der Waals surface area contributed by atoms with Crippen LogP contribution >= 0.6 is 23.1 Å². The molecular weight excluding hydrogens is 516 g/mol. The monoisotopic (exact) mass is 544 g/mol. The Morgan fingerprint density at radius 3 is 2.47 bits per heavy atom. The Bertz CT molecular complexity index is 1430. The van der Waals surface area contributed by atoms with Crippen molar-refractivity contribution >= 4 is 40.7 Å². The number of carbonyl (C=O) groups is 2. The van der Waals surface area contributed by atoms with Gasteiger partial charge in [0.05, 0.1) is 29.5 Å². The molecule has 2 aromatic heterocycles. The maximum atomic E-state index is 13.7. The minimum absolute atomic E-state index is 0.000366. The summed E-state index contributed by atoms with van der Waals surface area (Å²) < 4.78 is 7.21. The summed E-state index contributed by atoms with van der Waals surface area (Å²) in [5.74, 6) is 1.57. The Balaban J connectivity index is 1.58. The number of aromatic nitrogens is 2. The zero-order valence-corrected chi connectivity index (χ0v) is 22.7. The minimum Gasteiger partial charge on any atom is -0.497 e. The molecule has 9 heteroatoms. The standard InChI is InChI=1S/C29H28N4O3S2/c1-36-22-13-11-21(12-14-22)33-29-26(27(30-33)20-8-3-2-4-9-20)28(23-10-7-17-37-23)38-19-25(35)32(29)18-24(34)31-15-5-6-16-31/h2-4,7-14,17,28H,5-6,15-16,18-19H2,1H3/t28-/m0/s1. The second-order valence-electron chi connectivity index (χ2n) is 9.34. The summed E-state index contributed by atoms with van der Waals surface area (Å²) in [6.07, 6.45) is 2.01. The van der Waals surface area contributed by atoms with Crippen molar-refractivity contribution in [3.63, 3.8) is 0 Å². The van der Waals surface area contributed by atoms with E-state index in [1.165, 1.54) is 0 Å². The van der Waals surface area contributed by atoms with Crippen LogP contribution in [0.15, 0.2) is 72.1 Å². The van der Waals surface area contributed by atoms with E-state index in [1.807, 2.05) is 70.2 Å². The van der Waals surface area contributed by atoms with Gasteiger partial charge >= 0.3 is 0 Å². The fraction of sp³-hybridized carbons (Fsp3) is 0.276. The summed E-state index contributed by atoms with van der Waals surface area (Å²) in [4.78, 5) is 31.8. The van der Waals surface area contributed by atoms with Gasteiger partial charge in [0, 0.05) is 29.1 Å². The van der Waals surface area contributed by atoms with Gasteiger partial charge in [-0.05, 0) is 48.6 Å². The molecule has 1 saturated heterocycles. The molecule has 2 aliphatic heterocycles. The van der Waals surface area contributed by atoms with Gasteiger partial charge in [-0.25, -0.2) is 4.68 Å². The van der Waals surface area contributed by atoms with Crippen LogP contribution in [-0.4, -0.2) is 59.0 Å². The Labute approximate surface area is 230 Å². The van der Waals surface area contributed by atoms with Crippen LogP contribution in [0.25, 0.3) is 16.9 Å². The number of benzene rings is 2. The highest BCUT2D eigenvalue weighted by atomic mass is 32.2. The van der Waals surface area contributed by atoms with Crippen molar-refractivity contribution in [3.05, 3.63) is 82.6 Å². The molecule has 0 unspecified atom stereocenters. The van der Waals surface area contributed by atoms with E-state index in [4.69, 9.17) is 9.84 Å². The largest absolute Gasteiger partial charge is 0.497 e. The zero-order valence-electron chi connectivity index (χ0n) is 21.1. The van der Waals surface area contributed by atoms with E-state index in [9.17, 15) is 9.59 Å². The van der Waals surface area contributed by atoms with Gasteiger partial charge in [0.1, 0.15) is 18.1 Å². The first-order valence-electron chi connectivity index (χ1n) is 12.7. The van der Waals surface area contributed by atoms with E-state index in [2.05, 4.69) is 11.4 Å². The first kappa shape index (κ1) is 24.8. The molecule has 4 heterocycles. The van der Waals surface area contributed by atoms with Crippen molar-refractivity contribution in [2.24, 2.45) is 0 Å². The SMILES string of the molecule is COc1ccc(-n2nc(-c3ccccc3)c3c2N(CC(=O)N2CCCC2)C(=O)CS[C@H]3c2cccs2)cc1. The van der Waals surface area contributed by atoms with Crippen molar-refractivity contribution in [2.45, 2.75) is 18.1 Å². The smallest absolute Gasteiger partial charge is 0.242 e. The van der Waals surface area contributed by atoms with Crippen LogP contribution in [0.3, 0.4) is 0 Å². The second-order valence-corrected chi connectivity index (χ2v) is 11.4. The van der Waals surface area contributed by atoms with Crippen LogP contribution in [0.5, 0.6) is 5.75 Å². The highest BCUT2D eigenvalue weighted by molar-refractivity contribution is 8.00. The molecular formula is C29H28N4O3S2. The van der Waals surface area contributed by atoms with Gasteiger partial charge in [-0.2, -0.15) is 5.10 Å². The number of likely N-dealkylation sites (tertiary alicyclic amines) is 1. The van der Waals surface area contributed by atoms with Crippen LogP contribution in [0.2, 0.25) is 0 Å². The minimum atomic E-state index is -0.0944. The van der Waals surface area contributed by atoms with E-state index in [1.54, 1.807) is 35.1 Å². The van der Waals surface area contributed by atoms with Crippen LogP contribution < -0.4 is 9.64 Å². The average molecular weight is 545 g/mol. The molecule has 38 heavy (non-hydrogen) atoms. The fourth-order valence-electron chi connectivity index (χ4n) is 5.10. The number of rotatable bonds is 6. The lowest BCUT2D eigenvalue weighted by Crippen LogP contribution is -2.43. The lowest BCUT2D eigenvalue weighted by atomic mass is 10.0. The second kappa shape index (κ2) is 10.7. The molecule has 0 spiro atoms. The molecule has 1 fully saturated rings. The number of carbonyl (C=O) groups excluding carboxylic acids is 2. The number of fused-ring (bicyclic) bond motifs is 1. The van der Waals surface area contributed by atoms with Gasteiger partial charge < -0.3 is 9.64 Å². The van der Waals surface area contributed by atoms with Crippen molar-refractivity contribution in [3.8, 4) is 22.7 Å². The number of hydrogen-bond acceptors (Lipinski definition) is 6. The van der Waals surface area contributed by atoms with Gasteiger partial charge in [-0.1, -0.05) is 36.4 Å². The third kappa shape index (κ3) is 4.61. The summed E-state index contributed by atoms with van der Waals surface area (Å²) in [5, 5.41) is 7.10. The Kier molecular flexibility index (Phi) is 6.95. The van der Waals surface area contributed by atoms with Crippen molar-refractivity contribution in [2.75, 3.05) is 37.4 Å². The van der Waals surface area contributed by atoms with E-state index in [0.717, 1.165) is 59.1 Å². The number of anilines is 1. The summed E-state index contributed by atoms with van der Waals surface area (Å²) >= 11 is 3.27. The summed E-state index contributed by atoms with van der Waals surface area (Å²) in [6, 6.07) is 21.9. The molecule has 6 rings (SSSR count).